The van der Waals surface area contributed by atoms with E-state index in [0.29, 0.717) is 10.4 Å². The Labute approximate surface area is 192 Å². The maximum atomic E-state index is 14.3. The van der Waals surface area contributed by atoms with Crippen molar-refractivity contribution in [2.45, 2.75) is 18.0 Å². The highest BCUT2D eigenvalue weighted by Gasteiger charge is 2.73. The van der Waals surface area contributed by atoms with Crippen LogP contribution in [-0.2, 0) is 5.67 Å². The van der Waals surface area contributed by atoms with Crippen LogP contribution in [-0.4, -0.2) is 33.2 Å². The Morgan fingerprint density at radius 1 is 0.969 bits per heavy atom. The number of carboxylic acids is 1. The molecule has 32 heavy (non-hydrogen) atoms. The van der Waals surface area contributed by atoms with Gasteiger partial charge >= 0.3 is 24.0 Å². The third kappa shape index (κ3) is 4.04. The predicted octanol–water partition coefficient (Wildman–Crippen LogP) is 7.55. The minimum Gasteiger partial charge on any atom is -0.478 e. The average molecular weight is 542 g/mol. The Bertz CT molecular complexity index is 1170. The van der Waals surface area contributed by atoms with Gasteiger partial charge in [0.2, 0.25) is 0 Å². The molecule has 0 bridgehead atoms. The molecular weight excluding hydrogens is 536 g/mol. The number of alkyl halides is 7. The summed E-state index contributed by atoms with van der Waals surface area (Å²) in [5, 5.41) is 11.5. The summed E-state index contributed by atoms with van der Waals surface area (Å²) in [6.07, 6.45) is -10.2. The maximum Gasteiger partial charge on any atom is 0.435 e. The van der Waals surface area contributed by atoms with Gasteiger partial charge in [-0.05, 0) is 18.2 Å². The summed E-state index contributed by atoms with van der Waals surface area (Å²) in [5.74, 6) is -1.28. The van der Waals surface area contributed by atoms with Crippen LogP contribution in [0.5, 0.6) is 0 Å². The smallest absolute Gasteiger partial charge is 0.435 e. The van der Waals surface area contributed by atoms with Crippen LogP contribution in [0.3, 0.4) is 0 Å². The van der Waals surface area contributed by atoms with Crippen molar-refractivity contribution in [2.24, 2.45) is 0 Å². The van der Waals surface area contributed by atoms with Gasteiger partial charge in [0.15, 0.2) is 0 Å². The normalized spacial score (nSPS) is 12.9. The fourth-order valence-electron chi connectivity index (χ4n) is 2.70. The second-order valence-electron chi connectivity index (χ2n) is 6.22. The molecule has 0 aliphatic heterocycles. The van der Waals surface area contributed by atoms with Crippen LogP contribution in [0.25, 0.3) is 16.1 Å². The number of halogens is 10. The van der Waals surface area contributed by atoms with Crippen LogP contribution in [0.4, 0.5) is 30.7 Å². The molecule has 0 unspecified atom stereocenters. The molecule has 0 amide bonds. The van der Waals surface area contributed by atoms with Crippen molar-refractivity contribution >= 4 is 52.1 Å². The van der Waals surface area contributed by atoms with E-state index in [2.05, 4.69) is 5.10 Å². The minimum atomic E-state index is -6.33. The fraction of sp³-hybridized carbons (Fsp3) is 0.176. The van der Waals surface area contributed by atoms with E-state index in [0.717, 1.165) is 16.0 Å². The highest BCUT2D eigenvalue weighted by atomic mass is 35.5. The topological polar surface area (TPSA) is 55.1 Å². The number of hydrogen-bond donors (Lipinski definition) is 1. The highest BCUT2D eigenvalue weighted by Crippen LogP contribution is 2.54. The van der Waals surface area contributed by atoms with Crippen LogP contribution < -0.4 is 0 Å². The van der Waals surface area contributed by atoms with Crippen molar-refractivity contribution in [2.75, 3.05) is 0 Å². The van der Waals surface area contributed by atoms with Gasteiger partial charge in [0, 0.05) is 22.2 Å². The molecule has 0 aliphatic carbocycles. The van der Waals surface area contributed by atoms with Gasteiger partial charge in [0.1, 0.15) is 10.0 Å². The van der Waals surface area contributed by atoms with E-state index < -0.39 is 39.6 Å². The van der Waals surface area contributed by atoms with Gasteiger partial charge in [-0.2, -0.15) is 31.4 Å². The zero-order valence-electron chi connectivity index (χ0n) is 14.8. The third-order valence-corrected chi connectivity index (χ3v) is 6.19. The molecule has 2 heterocycles. The van der Waals surface area contributed by atoms with E-state index in [4.69, 9.17) is 39.9 Å². The first kappa shape index (κ1) is 24.6. The van der Waals surface area contributed by atoms with E-state index in [1.165, 1.54) is 18.5 Å². The maximum absolute atomic E-state index is 14.3. The number of benzene rings is 1. The number of hydrogen-bond acceptors (Lipinski definition) is 3. The van der Waals surface area contributed by atoms with Crippen molar-refractivity contribution in [3.63, 3.8) is 0 Å². The standard InChI is InChI=1S/C17H6Cl3F7N2O2S/c18-9-1-7(15(21,16(22,23)24)17(25,26)27)2-10(19)12(9)29-5-6(4-28-29)11-3-8(14(30)31)13(20)32-11/h1-5H,(H,30,31). The molecule has 0 radical (unpaired) electrons. The molecule has 3 rings (SSSR count). The largest absolute Gasteiger partial charge is 0.478 e. The Balaban J connectivity index is 2.09. The number of carbonyl (C=O) groups is 1. The number of aromatic carboxylic acids is 1. The molecule has 1 aromatic carbocycles. The van der Waals surface area contributed by atoms with Crippen LogP contribution >= 0.6 is 46.1 Å². The first-order valence-electron chi connectivity index (χ1n) is 7.98. The highest BCUT2D eigenvalue weighted by molar-refractivity contribution is 7.19. The van der Waals surface area contributed by atoms with Crippen LogP contribution in [0.2, 0.25) is 14.4 Å². The lowest BCUT2D eigenvalue weighted by molar-refractivity contribution is -0.348. The summed E-state index contributed by atoms with van der Waals surface area (Å²) in [4.78, 5) is 11.5. The minimum absolute atomic E-state index is 0.0285. The summed E-state index contributed by atoms with van der Waals surface area (Å²) in [7, 11) is 0. The quantitative estimate of drug-likeness (QED) is 0.347. The van der Waals surface area contributed by atoms with Crippen LogP contribution in [0.1, 0.15) is 15.9 Å². The van der Waals surface area contributed by atoms with Crippen molar-refractivity contribution in [3.8, 4) is 16.1 Å². The zero-order chi connectivity index (χ0) is 24.2. The fourth-order valence-corrected chi connectivity index (χ4v) is 4.59. The number of thiophene rings is 1. The molecule has 0 spiro atoms. The van der Waals surface area contributed by atoms with Crippen molar-refractivity contribution in [3.05, 3.63) is 56.1 Å². The van der Waals surface area contributed by atoms with Crippen molar-refractivity contribution in [1.29, 1.82) is 0 Å². The van der Waals surface area contributed by atoms with Gasteiger partial charge in [0.05, 0.1) is 21.8 Å². The van der Waals surface area contributed by atoms with Crippen LogP contribution in [0, 0.1) is 0 Å². The van der Waals surface area contributed by atoms with E-state index >= 15 is 0 Å². The van der Waals surface area contributed by atoms with Crippen LogP contribution in [0.15, 0.2) is 30.6 Å². The van der Waals surface area contributed by atoms with Crippen molar-refractivity contribution in [1.82, 2.24) is 9.78 Å². The van der Waals surface area contributed by atoms with Gasteiger partial charge in [-0.15, -0.1) is 11.3 Å². The van der Waals surface area contributed by atoms with E-state index in [9.17, 15) is 35.5 Å². The Morgan fingerprint density at radius 3 is 1.94 bits per heavy atom. The number of nitrogens with zero attached hydrogens (tertiary/aromatic N) is 2. The summed E-state index contributed by atoms with van der Waals surface area (Å²) in [6, 6.07) is 1.57. The molecule has 172 valence electrons. The lowest BCUT2D eigenvalue weighted by Crippen LogP contribution is -2.50. The van der Waals surface area contributed by atoms with E-state index in [-0.39, 0.29) is 27.7 Å². The van der Waals surface area contributed by atoms with Gasteiger partial charge < -0.3 is 5.11 Å². The molecular formula is C17H6Cl3F7N2O2S. The van der Waals surface area contributed by atoms with Gasteiger partial charge in [-0.3, -0.25) is 0 Å². The third-order valence-electron chi connectivity index (χ3n) is 4.21. The zero-order valence-corrected chi connectivity index (χ0v) is 17.9. The average Bonchev–Trinajstić information content (AvgIpc) is 3.25. The molecule has 0 saturated heterocycles. The molecule has 0 fully saturated rings. The predicted molar refractivity (Wildman–Crippen MR) is 104 cm³/mol. The SMILES string of the molecule is O=C(O)c1cc(-c2cnn(-c3c(Cl)cc(C(F)(C(F)(F)F)C(F)(F)F)cc3Cl)c2)sc1Cl. The van der Waals surface area contributed by atoms with E-state index in [1.807, 2.05) is 0 Å². The molecule has 4 nitrogen and oxygen atoms in total. The lowest BCUT2D eigenvalue weighted by Gasteiger charge is -2.30. The Hall–Kier alpha value is -2.02. The Kier molecular flexibility index (Phi) is 6.22. The van der Waals surface area contributed by atoms with Gasteiger partial charge in [-0.25, -0.2) is 13.9 Å². The van der Waals surface area contributed by atoms with E-state index in [1.54, 1.807) is 0 Å². The second-order valence-corrected chi connectivity index (χ2v) is 8.69. The summed E-state index contributed by atoms with van der Waals surface area (Å²) in [5.41, 5.74) is -7.76. The lowest BCUT2D eigenvalue weighted by atomic mass is 9.94. The molecule has 0 atom stereocenters. The number of aromatic nitrogens is 2. The molecule has 0 aliphatic rings. The molecule has 3 aromatic rings. The first-order chi connectivity index (χ1) is 14.6. The first-order valence-corrected chi connectivity index (χ1v) is 9.93. The molecule has 0 saturated carbocycles. The number of carboxylic acid groups (broad SMARTS) is 1. The molecule has 2 aromatic heterocycles. The second kappa shape index (κ2) is 8.08. The molecule has 1 N–H and O–H groups in total. The number of rotatable bonds is 4. The summed E-state index contributed by atoms with van der Waals surface area (Å²) >= 11 is 18.5. The molecule has 15 heteroatoms. The van der Waals surface area contributed by atoms with Gasteiger partial charge in [-0.1, -0.05) is 34.8 Å². The monoisotopic (exact) mass is 540 g/mol. The Morgan fingerprint density at radius 2 is 1.50 bits per heavy atom. The van der Waals surface area contributed by atoms with Crippen molar-refractivity contribution < 1.29 is 40.6 Å². The summed E-state index contributed by atoms with van der Waals surface area (Å²) in [6.45, 7) is 0. The van der Waals surface area contributed by atoms with Gasteiger partial charge in [0.25, 0.3) is 0 Å². The summed E-state index contributed by atoms with van der Waals surface area (Å²) < 4.78 is 93.2.